The molecular weight excluding hydrogens is 444 g/mol. The number of carbonyl (C=O) groups is 1. The average molecular weight is 481 g/mol. The zero-order valence-electron chi connectivity index (χ0n) is 20.4. The summed E-state index contributed by atoms with van der Waals surface area (Å²) in [5.74, 6) is 0.930. The molecule has 2 N–H and O–H groups in total. The van der Waals surface area contributed by atoms with Crippen LogP contribution in [0.4, 0.5) is 11.4 Å². The molecule has 4 rings (SSSR count). The van der Waals surface area contributed by atoms with Gasteiger partial charge in [0.2, 0.25) is 5.91 Å². The highest BCUT2D eigenvalue weighted by atomic mass is 16.6. The Morgan fingerprint density at radius 3 is 2.43 bits per heavy atom. The number of nitrogens with zero attached hydrogens (tertiary/aromatic N) is 2. The third kappa shape index (κ3) is 6.94. The number of piperidine rings is 1. The lowest BCUT2D eigenvalue weighted by molar-refractivity contribution is -0.384. The number of rotatable bonds is 9. The van der Waals surface area contributed by atoms with E-state index in [9.17, 15) is 14.9 Å². The lowest BCUT2D eigenvalue weighted by Gasteiger charge is -2.40. The van der Waals surface area contributed by atoms with Crippen molar-refractivity contribution in [1.82, 2.24) is 10.6 Å². The van der Waals surface area contributed by atoms with Crippen molar-refractivity contribution in [1.29, 1.82) is 0 Å². The van der Waals surface area contributed by atoms with Crippen molar-refractivity contribution in [3.8, 4) is 5.75 Å². The summed E-state index contributed by atoms with van der Waals surface area (Å²) in [7, 11) is 1.65. The first-order chi connectivity index (χ1) is 17.0. The first-order valence-corrected chi connectivity index (χ1v) is 12.7. The molecule has 1 aliphatic carbocycles. The zero-order valence-corrected chi connectivity index (χ0v) is 20.4. The molecule has 1 heterocycles. The molecule has 2 aromatic carbocycles. The Balaban J connectivity index is 1.29. The number of nitro groups is 1. The summed E-state index contributed by atoms with van der Waals surface area (Å²) in [6.07, 6.45) is 7.75. The van der Waals surface area contributed by atoms with Crippen molar-refractivity contribution in [3.63, 3.8) is 0 Å². The van der Waals surface area contributed by atoms with Gasteiger partial charge in [0, 0.05) is 55.5 Å². The van der Waals surface area contributed by atoms with Crippen molar-refractivity contribution in [2.45, 2.75) is 69.5 Å². The topological polar surface area (TPSA) is 96.7 Å². The molecule has 1 saturated heterocycles. The van der Waals surface area contributed by atoms with Crippen molar-refractivity contribution in [2.24, 2.45) is 0 Å². The van der Waals surface area contributed by atoms with Gasteiger partial charge >= 0.3 is 0 Å². The predicted octanol–water partition coefficient (Wildman–Crippen LogP) is 4.22. The molecule has 3 atom stereocenters. The Hall–Kier alpha value is -3.13. The lowest BCUT2D eigenvalue weighted by atomic mass is 9.88. The average Bonchev–Trinajstić information content (AvgIpc) is 2.89. The van der Waals surface area contributed by atoms with Gasteiger partial charge in [-0.15, -0.1) is 0 Å². The number of nitro benzene ring substituents is 1. The van der Waals surface area contributed by atoms with Crippen LogP contribution in [0.1, 0.15) is 50.5 Å². The van der Waals surface area contributed by atoms with E-state index in [0.717, 1.165) is 62.2 Å². The summed E-state index contributed by atoms with van der Waals surface area (Å²) in [6.45, 7) is 1.82. The van der Waals surface area contributed by atoms with Crippen molar-refractivity contribution in [2.75, 3.05) is 25.1 Å². The molecule has 2 aromatic rings. The third-order valence-electron chi connectivity index (χ3n) is 7.21. The van der Waals surface area contributed by atoms with E-state index in [4.69, 9.17) is 4.74 Å². The minimum Gasteiger partial charge on any atom is -0.497 e. The predicted molar refractivity (Wildman–Crippen MR) is 137 cm³/mol. The first kappa shape index (κ1) is 25.0. The molecule has 0 radical (unpaired) electrons. The van der Waals surface area contributed by atoms with E-state index in [1.54, 1.807) is 19.2 Å². The van der Waals surface area contributed by atoms with Crippen LogP contribution in [0, 0.1) is 10.1 Å². The van der Waals surface area contributed by atoms with E-state index in [-0.39, 0.29) is 28.6 Å². The molecule has 1 unspecified atom stereocenters. The highest BCUT2D eigenvalue weighted by molar-refractivity contribution is 5.76. The molecule has 2 fully saturated rings. The highest BCUT2D eigenvalue weighted by Crippen LogP contribution is 2.25. The number of carbonyl (C=O) groups excluding carboxylic acids is 1. The third-order valence-corrected chi connectivity index (χ3v) is 7.21. The summed E-state index contributed by atoms with van der Waals surface area (Å²) in [6, 6.07) is 15.5. The summed E-state index contributed by atoms with van der Waals surface area (Å²) < 4.78 is 5.20. The van der Waals surface area contributed by atoms with Gasteiger partial charge in [0.1, 0.15) is 5.75 Å². The molecule has 188 valence electrons. The Morgan fingerprint density at radius 2 is 1.74 bits per heavy atom. The van der Waals surface area contributed by atoms with Crippen molar-refractivity contribution >= 4 is 17.3 Å². The Labute approximate surface area is 207 Å². The minimum atomic E-state index is -0.362. The van der Waals surface area contributed by atoms with Crippen molar-refractivity contribution in [3.05, 3.63) is 64.2 Å². The molecule has 35 heavy (non-hydrogen) atoms. The number of aryl methyl sites for hydroxylation is 1. The van der Waals surface area contributed by atoms with Gasteiger partial charge in [-0.25, -0.2) is 0 Å². The van der Waals surface area contributed by atoms with E-state index in [1.165, 1.54) is 6.42 Å². The second kappa shape index (κ2) is 12.0. The van der Waals surface area contributed by atoms with Gasteiger partial charge in [-0.3, -0.25) is 14.9 Å². The summed E-state index contributed by atoms with van der Waals surface area (Å²) >= 11 is 0. The van der Waals surface area contributed by atoms with Crippen LogP contribution < -0.4 is 20.3 Å². The van der Waals surface area contributed by atoms with Crippen LogP contribution in [0.3, 0.4) is 0 Å². The molecule has 2 aliphatic rings. The molecule has 8 nitrogen and oxygen atoms in total. The van der Waals surface area contributed by atoms with Crippen LogP contribution in [-0.4, -0.2) is 49.2 Å². The van der Waals surface area contributed by atoms with Gasteiger partial charge < -0.3 is 20.3 Å². The number of methoxy groups -OCH3 is 1. The Morgan fingerprint density at radius 1 is 1.03 bits per heavy atom. The quantitative estimate of drug-likeness (QED) is 0.412. The van der Waals surface area contributed by atoms with E-state index in [2.05, 4.69) is 15.5 Å². The second-order valence-electron chi connectivity index (χ2n) is 9.64. The summed E-state index contributed by atoms with van der Waals surface area (Å²) in [5.41, 5.74) is 2.27. The maximum absolute atomic E-state index is 12.7. The number of nitrogens with one attached hydrogen (secondary N) is 2. The Bertz CT molecular complexity index is 980. The van der Waals surface area contributed by atoms with E-state index in [1.807, 2.05) is 36.4 Å². The highest BCUT2D eigenvalue weighted by Gasteiger charge is 2.30. The normalized spacial score (nSPS) is 22.4. The minimum absolute atomic E-state index is 0.107. The summed E-state index contributed by atoms with van der Waals surface area (Å²) in [4.78, 5) is 25.6. The maximum atomic E-state index is 12.7. The molecule has 0 bridgehead atoms. The van der Waals surface area contributed by atoms with Crippen molar-refractivity contribution < 1.29 is 14.5 Å². The second-order valence-corrected chi connectivity index (χ2v) is 9.64. The van der Waals surface area contributed by atoms with Gasteiger partial charge in [-0.1, -0.05) is 25.0 Å². The lowest BCUT2D eigenvalue weighted by Crippen LogP contribution is -2.57. The number of hydrogen-bond donors (Lipinski definition) is 2. The van der Waals surface area contributed by atoms with E-state index in [0.29, 0.717) is 18.9 Å². The SMILES string of the molecule is COc1ccc(CCC(=O)N[C@@H]2CCCC[C@H]2NC2CCCN(c3ccc([N+](=O)[O-])cc3)C2)cc1. The number of anilines is 1. The molecule has 0 spiro atoms. The zero-order chi connectivity index (χ0) is 24.6. The van der Waals surface area contributed by atoms with E-state index < -0.39 is 0 Å². The number of benzene rings is 2. The van der Waals surface area contributed by atoms with Crippen LogP contribution in [0.25, 0.3) is 0 Å². The van der Waals surface area contributed by atoms with Gasteiger partial charge in [-0.2, -0.15) is 0 Å². The first-order valence-electron chi connectivity index (χ1n) is 12.7. The van der Waals surface area contributed by atoms with E-state index >= 15 is 0 Å². The van der Waals surface area contributed by atoms with Gasteiger partial charge in [-0.05, 0) is 61.9 Å². The van der Waals surface area contributed by atoms with Gasteiger partial charge in [0.15, 0.2) is 0 Å². The molecule has 1 aliphatic heterocycles. The fourth-order valence-corrected chi connectivity index (χ4v) is 5.27. The summed E-state index contributed by atoms with van der Waals surface area (Å²) in [5, 5.41) is 18.1. The smallest absolute Gasteiger partial charge is 0.269 e. The molecule has 0 aromatic heterocycles. The fraction of sp³-hybridized carbons (Fsp3) is 0.519. The number of ether oxygens (including phenoxy) is 1. The van der Waals surface area contributed by atoms with Crippen LogP contribution in [0.15, 0.2) is 48.5 Å². The van der Waals surface area contributed by atoms with Crippen LogP contribution >= 0.6 is 0 Å². The molecule has 8 heteroatoms. The standard InChI is InChI=1S/C27H36N4O4/c1-35-24-15-8-20(9-16-24)10-17-27(32)29-26-7-3-2-6-25(26)28-21-5-4-18-30(19-21)22-11-13-23(14-12-22)31(33)34/h8-9,11-16,21,25-26,28H,2-7,10,17-19H2,1H3,(H,29,32)/t21?,25-,26-/m1/s1. The number of hydrogen-bond acceptors (Lipinski definition) is 6. The van der Waals surface area contributed by atoms with Crippen LogP contribution in [0.2, 0.25) is 0 Å². The molecular formula is C27H36N4O4. The number of non-ortho nitro benzene ring substituents is 1. The van der Waals surface area contributed by atoms with Gasteiger partial charge in [0.25, 0.3) is 5.69 Å². The molecule has 1 saturated carbocycles. The number of amides is 1. The monoisotopic (exact) mass is 480 g/mol. The van der Waals surface area contributed by atoms with Crippen LogP contribution in [-0.2, 0) is 11.2 Å². The maximum Gasteiger partial charge on any atom is 0.269 e. The Kier molecular flexibility index (Phi) is 8.58. The van der Waals surface area contributed by atoms with Crippen LogP contribution in [0.5, 0.6) is 5.75 Å². The largest absolute Gasteiger partial charge is 0.497 e. The van der Waals surface area contributed by atoms with Gasteiger partial charge in [0.05, 0.1) is 12.0 Å². The molecule has 1 amide bonds. The fourth-order valence-electron chi connectivity index (χ4n) is 5.27.